The number of hydrogen-bond acceptors (Lipinski definition) is 2. The van der Waals surface area contributed by atoms with Crippen LogP contribution in [0.25, 0.3) is 0 Å². The quantitative estimate of drug-likeness (QED) is 0.573. The number of carbonyl (C=O) groups excluding carboxylic acids is 1. The van der Waals surface area contributed by atoms with Gasteiger partial charge in [-0.15, -0.1) is 0 Å². The van der Waals surface area contributed by atoms with Gasteiger partial charge in [0, 0.05) is 11.3 Å². The highest BCUT2D eigenvalue weighted by molar-refractivity contribution is 8.13. The molecule has 1 aromatic carbocycles. The minimum absolute atomic E-state index is 0.245. The van der Waals surface area contributed by atoms with Crippen LogP contribution < -0.4 is 0 Å². The summed E-state index contributed by atoms with van der Waals surface area (Å²) in [5.41, 5.74) is 1.48. The molecule has 0 N–H and O–H groups in total. The maximum absolute atomic E-state index is 11.8. The Kier molecular flexibility index (Phi) is 4.87. The molecule has 0 unspecified atom stereocenters. The van der Waals surface area contributed by atoms with Gasteiger partial charge in [0.15, 0.2) is 5.12 Å². The summed E-state index contributed by atoms with van der Waals surface area (Å²) in [7, 11) is 0. The lowest BCUT2D eigenvalue weighted by atomic mass is 9.94. The van der Waals surface area contributed by atoms with E-state index in [0.717, 1.165) is 4.90 Å². The Labute approximate surface area is 107 Å². The van der Waals surface area contributed by atoms with Gasteiger partial charge in [-0.05, 0) is 37.8 Å². The highest BCUT2D eigenvalue weighted by Gasteiger charge is 2.07. The van der Waals surface area contributed by atoms with Gasteiger partial charge in [0.05, 0.1) is 0 Å². The topological polar surface area (TPSA) is 17.1 Å². The van der Waals surface area contributed by atoms with E-state index in [1.807, 2.05) is 30.3 Å². The Morgan fingerprint density at radius 3 is 2.53 bits per heavy atom. The van der Waals surface area contributed by atoms with Crippen LogP contribution in [-0.4, -0.2) is 5.12 Å². The second-order valence-corrected chi connectivity index (χ2v) is 5.55. The van der Waals surface area contributed by atoms with Crippen molar-refractivity contribution in [2.45, 2.75) is 43.4 Å². The van der Waals surface area contributed by atoms with Crippen LogP contribution in [0.15, 0.2) is 46.9 Å². The summed E-state index contributed by atoms with van der Waals surface area (Å²) >= 11 is 1.35. The molecule has 1 saturated carbocycles. The third kappa shape index (κ3) is 4.39. The third-order valence-corrected chi connectivity index (χ3v) is 3.93. The van der Waals surface area contributed by atoms with Crippen molar-refractivity contribution < 1.29 is 4.79 Å². The highest BCUT2D eigenvalue weighted by atomic mass is 32.2. The van der Waals surface area contributed by atoms with Gasteiger partial charge < -0.3 is 0 Å². The summed E-state index contributed by atoms with van der Waals surface area (Å²) in [6, 6.07) is 9.87. The molecule has 1 aromatic rings. The number of carbonyl (C=O) groups is 1. The van der Waals surface area contributed by atoms with Crippen LogP contribution in [0.1, 0.15) is 38.5 Å². The molecular weight excluding hydrogens is 228 g/mol. The van der Waals surface area contributed by atoms with Gasteiger partial charge in [0.2, 0.25) is 0 Å². The number of hydrogen-bond donors (Lipinski definition) is 0. The van der Waals surface area contributed by atoms with Gasteiger partial charge in [-0.3, -0.25) is 4.79 Å². The first-order valence-electron chi connectivity index (χ1n) is 6.28. The van der Waals surface area contributed by atoms with Crippen molar-refractivity contribution in [1.29, 1.82) is 0 Å². The normalized spacial score (nSPS) is 15.6. The van der Waals surface area contributed by atoms with Crippen LogP contribution in [0.5, 0.6) is 0 Å². The maximum atomic E-state index is 11.8. The Bertz CT molecular complexity index is 387. The van der Waals surface area contributed by atoms with Crippen molar-refractivity contribution in [3.8, 4) is 0 Å². The van der Waals surface area contributed by atoms with E-state index in [1.165, 1.54) is 49.4 Å². The van der Waals surface area contributed by atoms with Gasteiger partial charge in [0.1, 0.15) is 0 Å². The summed E-state index contributed by atoms with van der Waals surface area (Å²) in [4.78, 5) is 12.8. The van der Waals surface area contributed by atoms with Crippen molar-refractivity contribution in [2.75, 3.05) is 0 Å². The van der Waals surface area contributed by atoms with E-state index in [4.69, 9.17) is 0 Å². The molecule has 0 spiro atoms. The summed E-state index contributed by atoms with van der Waals surface area (Å²) in [5.74, 6) is 0. The highest BCUT2D eigenvalue weighted by Crippen LogP contribution is 2.25. The summed E-state index contributed by atoms with van der Waals surface area (Å²) in [6.07, 6.45) is 9.07. The zero-order valence-corrected chi connectivity index (χ0v) is 10.8. The largest absolute Gasteiger partial charge is 0.286 e. The zero-order chi connectivity index (χ0) is 11.9. The van der Waals surface area contributed by atoms with Crippen LogP contribution >= 0.6 is 11.8 Å². The lowest BCUT2D eigenvalue weighted by Gasteiger charge is -2.12. The first-order chi connectivity index (χ1) is 8.34. The Morgan fingerprint density at radius 2 is 1.82 bits per heavy atom. The lowest BCUT2D eigenvalue weighted by Crippen LogP contribution is -1.95. The van der Waals surface area contributed by atoms with E-state index in [1.54, 1.807) is 0 Å². The van der Waals surface area contributed by atoms with Crippen LogP contribution in [-0.2, 0) is 4.79 Å². The third-order valence-electron chi connectivity index (χ3n) is 3.03. The molecule has 1 aliphatic carbocycles. The number of thioether (sulfide) groups is 1. The zero-order valence-electron chi connectivity index (χ0n) is 10.0. The van der Waals surface area contributed by atoms with Crippen molar-refractivity contribution in [2.24, 2.45) is 0 Å². The Morgan fingerprint density at radius 1 is 1.12 bits per heavy atom. The van der Waals surface area contributed by atoms with E-state index in [-0.39, 0.29) is 5.12 Å². The van der Waals surface area contributed by atoms with E-state index < -0.39 is 0 Å². The predicted molar refractivity (Wildman–Crippen MR) is 73.1 cm³/mol. The summed E-state index contributed by atoms with van der Waals surface area (Å²) in [5, 5.41) is 0.245. The van der Waals surface area contributed by atoms with Crippen LogP contribution in [0, 0.1) is 0 Å². The molecule has 0 atom stereocenters. The van der Waals surface area contributed by atoms with Crippen LogP contribution in [0.3, 0.4) is 0 Å². The Balaban J connectivity index is 1.81. The van der Waals surface area contributed by atoms with E-state index >= 15 is 0 Å². The molecular formula is C15H18OS. The van der Waals surface area contributed by atoms with E-state index in [9.17, 15) is 4.79 Å². The smallest absolute Gasteiger partial charge is 0.197 e. The molecule has 0 radical (unpaired) electrons. The molecule has 0 bridgehead atoms. The Hall–Kier alpha value is -1.02. The molecule has 0 saturated heterocycles. The van der Waals surface area contributed by atoms with Crippen molar-refractivity contribution >= 4 is 16.9 Å². The van der Waals surface area contributed by atoms with E-state index in [2.05, 4.69) is 6.08 Å². The summed E-state index contributed by atoms with van der Waals surface area (Å²) in [6.45, 7) is 0. The average molecular weight is 246 g/mol. The van der Waals surface area contributed by atoms with Crippen molar-refractivity contribution in [3.63, 3.8) is 0 Å². The molecule has 0 aromatic heterocycles. The lowest BCUT2D eigenvalue weighted by molar-refractivity contribution is -0.110. The van der Waals surface area contributed by atoms with Crippen LogP contribution in [0.2, 0.25) is 0 Å². The SMILES string of the molecule is O=C(CC=C1CCCCC1)Sc1ccccc1. The fourth-order valence-electron chi connectivity index (χ4n) is 2.10. The van der Waals surface area contributed by atoms with E-state index in [0.29, 0.717) is 6.42 Å². The molecule has 17 heavy (non-hydrogen) atoms. The van der Waals surface area contributed by atoms with Crippen LogP contribution in [0.4, 0.5) is 0 Å². The van der Waals surface area contributed by atoms with Gasteiger partial charge in [0.25, 0.3) is 0 Å². The number of benzene rings is 1. The van der Waals surface area contributed by atoms with Gasteiger partial charge >= 0.3 is 0 Å². The van der Waals surface area contributed by atoms with Gasteiger partial charge in [-0.25, -0.2) is 0 Å². The van der Waals surface area contributed by atoms with Crippen molar-refractivity contribution in [1.82, 2.24) is 0 Å². The minimum Gasteiger partial charge on any atom is -0.286 e. The van der Waals surface area contributed by atoms with Gasteiger partial charge in [-0.1, -0.05) is 48.0 Å². The molecule has 2 rings (SSSR count). The first kappa shape index (κ1) is 12.4. The molecule has 0 aliphatic heterocycles. The van der Waals surface area contributed by atoms with Gasteiger partial charge in [-0.2, -0.15) is 0 Å². The molecule has 1 nitrogen and oxygen atoms in total. The fourth-order valence-corrected chi connectivity index (χ4v) is 2.82. The predicted octanol–water partition coefficient (Wildman–Crippen LogP) is 4.59. The maximum Gasteiger partial charge on any atom is 0.197 e. The first-order valence-corrected chi connectivity index (χ1v) is 7.10. The molecule has 90 valence electrons. The monoisotopic (exact) mass is 246 g/mol. The summed E-state index contributed by atoms with van der Waals surface area (Å²) < 4.78 is 0. The number of allylic oxidation sites excluding steroid dienone is 2. The molecule has 0 amide bonds. The molecule has 0 heterocycles. The van der Waals surface area contributed by atoms with Crippen molar-refractivity contribution in [3.05, 3.63) is 42.0 Å². The molecule has 2 heteroatoms. The standard InChI is InChI=1S/C15H18OS/c16-15(17-14-9-5-2-6-10-14)12-11-13-7-3-1-4-8-13/h2,5-6,9-11H,1,3-4,7-8,12H2. The minimum atomic E-state index is 0.245. The molecule has 1 fully saturated rings. The average Bonchev–Trinajstić information content (AvgIpc) is 2.39. The second-order valence-electron chi connectivity index (χ2n) is 4.41. The number of rotatable bonds is 3. The second kappa shape index (κ2) is 6.65. The fraction of sp³-hybridized carbons (Fsp3) is 0.400. The molecule has 1 aliphatic rings.